The SMILES string of the molecule is O=C(O)c1cccc(Nc2nc(C3CC3)cs2)c1[N+](=O)[O-]. The van der Waals surface area contributed by atoms with Gasteiger partial charge in [0.15, 0.2) is 5.13 Å². The fourth-order valence-corrected chi connectivity index (χ4v) is 2.84. The number of carboxylic acids is 1. The molecule has 1 aromatic heterocycles. The maximum Gasteiger partial charge on any atom is 0.342 e. The van der Waals surface area contributed by atoms with E-state index in [2.05, 4.69) is 10.3 Å². The number of aromatic nitrogens is 1. The van der Waals surface area contributed by atoms with Gasteiger partial charge in [-0.2, -0.15) is 0 Å². The molecule has 0 atom stereocenters. The van der Waals surface area contributed by atoms with Crippen molar-refractivity contribution in [3.05, 3.63) is 45.0 Å². The van der Waals surface area contributed by atoms with Crippen LogP contribution in [0.5, 0.6) is 0 Å². The highest BCUT2D eigenvalue weighted by Gasteiger charge is 2.27. The van der Waals surface area contributed by atoms with E-state index in [1.165, 1.54) is 29.5 Å². The van der Waals surface area contributed by atoms with Crippen molar-refractivity contribution in [2.75, 3.05) is 5.32 Å². The van der Waals surface area contributed by atoms with E-state index in [1.807, 2.05) is 5.38 Å². The molecule has 0 aliphatic heterocycles. The number of carboxylic acid groups (broad SMARTS) is 1. The highest BCUT2D eigenvalue weighted by Crippen LogP contribution is 2.41. The van der Waals surface area contributed by atoms with Gasteiger partial charge < -0.3 is 10.4 Å². The van der Waals surface area contributed by atoms with Crippen LogP contribution in [-0.4, -0.2) is 21.0 Å². The predicted molar refractivity (Wildman–Crippen MR) is 77.4 cm³/mol. The van der Waals surface area contributed by atoms with Crippen LogP contribution in [0.4, 0.5) is 16.5 Å². The number of aromatic carboxylic acids is 1. The summed E-state index contributed by atoms with van der Waals surface area (Å²) in [7, 11) is 0. The lowest BCUT2D eigenvalue weighted by atomic mass is 10.1. The molecule has 1 heterocycles. The molecule has 2 aromatic rings. The number of benzene rings is 1. The lowest BCUT2D eigenvalue weighted by Crippen LogP contribution is -2.05. The fraction of sp³-hybridized carbons (Fsp3) is 0.231. The Morgan fingerprint density at radius 3 is 2.86 bits per heavy atom. The fourth-order valence-electron chi connectivity index (χ4n) is 2.04. The summed E-state index contributed by atoms with van der Waals surface area (Å²) in [6, 6.07) is 4.15. The first-order chi connectivity index (χ1) is 10.1. The van der Waals surface area contributed by atoms with Gasteiger partial charge in [-0.1, -0.05) is 6.07 Å². The Labute approximate surface area is 123 Å². The van der Waals surface area contributed by atoms with Crippen molar-refractivity contribution in [2.24, 2.45) is 0 Å². The summed E-state index contributed by atoms with van der Waals surface area (Å²) in [4.78, 5) is 25.9. The first-order valence-corrected chi connectivity index (χ1v) is 7.17. The maximum absolute atomic E-state index is 11.1. The van der Waals surface area contributed by atoms with Crippen LogP contribution in [0.25, 0.3) is 0 Å². The number of hydrogen-bond acceptors (Lipinski definition) is 6. The second-order valence-corrected chi connectivity index (χ2v) is 5.60. The number of anilines is 2. The molecule has 1 fully saturated rings. The Balaban J connectivity index is 1.94. The highest BCUT2D eigenvalue weighted by atomic mass is 32.1. The van der Waals surface area contributed by atoms with Crippen molar-refractivity contribution >= 4 is 33.8 Å². The topological polar surface area (TPSA) is 105 Å². The van der Waals surface area contributed by atoms with Gasteiger partial charge in [0.2, 0.25) is 0 Å². The molecule has 21 heavy (non-hydrogen) atoms. The number of nitrogens with one attached hydrogen (secondary N) is 1. The average Bonchev–Trinajstić information content (AvgIpc) is 3.19. The van der Waals surface area contributed by atoms with Crippen molar-refractivity contribution in [2.45, 2.75) is 18.8 Å². The molecule has 8 heteroatoms. The van der Waals surface area contributed by atoms with Crippen molar-refractivity contribution in [1.82, 2.24) is 4.98 Å². The number of nitro groups is 1. The minimum absolute atomic E-state index is 0.136. The Bertz CT molecular complexity index is 724. The summed E-state index contributed by atoms with van der Waals surface area (Å²) in [5.41, 5.74) is 0.327. The largest absolute Gasteiger partial charge is 0.477 e. The molecule has 1 saturated carbocycles. The second-order valence-electron chi connectivity index (χ2n) is 4.74. The van der Waals surface area contributed by atoms with Gasteiger partial charge in [-0.15, -0.1) is 11.3 Å². The number of carbonyl (C=O) groups is 1. The standard InChI is InChI=1S/C13H11N3O4S/c17-12(18)8-2-1-3-9(11(8)16(19)20)14-13-15-10(6-21-13)7-4-5-7/h1-3,6-7H,4-5H2,(H,14,15)(H,17,18). The number of para-hydroxylation sites is 1. The molecule has 0 radical (unpaired) electrons. The van der Waals surface area contributed by atoms with Crippen molar-refractivity contribution < 1.29 is 14.8 Å². The van der Waals surface area contributed by atoms with Crippen molar-refractivity contribution in [1.29, 1.82) is 0 Å². The summed E-state index contributed by atoms with van der Waals surface area (Å²) in [6.45, 7) is 0. The van der Waals surface area contributed by atoms with Gasteiger partial charge in [0.1, 0.15) is 11.3 Å². The lowest BCUT2D eigenvalue weighted by Gasteiger charge is -2.05. The van der Waals surface area contributed by atoms with Crippen molar-refractivity contribution in [3.8, 4) is 0 Å². The normalized spacial score (nSPS) is 13.9. The smallest absolute Gasteiger partial charge is 0.342 e. The summed E-state index contributed by atoms with van der Waals surface area (Å²) in [5.74, 6) is -0.833. The minimum atomic E-state index is -1.33. The quantitative estimate of drug-likeness (QED) is 0.648. The molecule has 0 saturated heterocycles. The van der Waals surface area contributed by atoms with Crippen molar-refractivity contribution in [3.63, 3.8) is 0 Å². The third-order valence-electron chi connectivity index (χ3n) is 3.21. The number of nitro benzene ring substituents is 1. The van der Waals surface area contributed by atoms with E-state index in [1.54, 1.807) is 0 Å². The Hall–Kier alpha value is -2.48. The van der Waals surface area contributed by atoms with E-state index in [0.29, 0.717) is 11.0 Å². The van der Waals surface area contributed by atoms with Gasteiger partial charge in [-0.25, -0.2) is 9.78 Å². The van der Waals surface area contributed by atoms with E-state index >= 15 is 0 Å². The molecular formula is C13H11N3O4S. The third-order valence-corrected chi connectivity index (χ3v) is 3.98. The van der Waals surface area contributed by atoms with Gasteiger partial charge in [0.25, 0.3) is 0 Å². The molecule has 0 amide bonds. The lowest BCUT2D eigenvalue weighted by molar-refractivity contribution is -0.384. The molecule has 2 N–H and O–H groups in total. The number of hydrogen-bond donors (Lipinski definition) is 2. The molecular weight excluding hydrogens is 294 g/mol. The Kier molecular flexibility index (Phi) is 3.30. The van der Waals surface area contributed by atoms with Crippen LogP contribution < -0.4 is 5.32 Å². The van der Waals surface area contributed by atoms with E-state index in [9.17, 15) is 14.9 Å². The zero-order valence-corrected chi connectivity index (χ0v) is 11.6. The Morgan fingerprint density at radius 2 is 2.24 bits per heavy atom. The molecule has 1 aliphatic carbocycles. The summed E-state index contributed by atoms with van der Waals surface area (Å²) < 4.78 is 0. The molecule has 0 spiro atoms. The summed E-state index contributed by atoms with van der Waals surface area (Å²) in [5, 5.41) is 25.5. The van der Waals surface area contributed by atoms with E-state index in [0.717, 1.165) is 18.5 Å². The van der Waals surface area contributed by atoms with Crippen LogP contribution in [0.2, 0.25) is 0 Å². The van der Waals surface area contributed by atoms with E-state index in [-0.39, 0.29) is 11.3 Å². The first-order valence-electron chi connectivity index (χ1n) is 6.29. The van der Waals surface area contributed by atoms with Crippen LogP contribution in [-0.2, 0) is 0 Å². The van der Waals surface area contributed by atoms with Crippen LogP contribution in [0.3, 0.4) is 0 Å². The molecule has 108 valence electrons. The predicted octanol–water partition coefficient (Wildman–Crippen LogP) is 3.37. The van der Waals surface area contributed by atoms with E-state index in [4.69, 9.17) is 5.11 Å². The molecule has 7 nitrogen and oxygen atoms in total. The molecule has 1 aliphatic rings. The number of rotatable bonds is 5. The minimum Gasteiger partial charge on any atom is -0.477 e. The van der Waals surface area contributed by atoms with Crippen LogP contribution in [0, 0.1) is 10.1 Å². The molecule has 0 bridgehead atoms. The van der Waals surface area contributed by atoms with Gasteiger partial charge >= 0.3 is 11.7 Å². The van der Waals surface area contributed by atoms with Crippen LogP contribution in [0.15, 0.2) is 23.6 Å². The van der Waals surface area contributed by atoms with Gasteiger partial charge in [0.05, 0.1) is 10.6 Å². The molecule has 0 unspecified atom stereocenters. The van der Waals surface area contributed by atoms with E-state index < -0.39 is 16.6 Å². The average molecular weight is 305 g/mol. The number of thiazole rings is 1. The number of nitrogens with zero attached hydrogens (tertiary/aromatic N) is 2. The second kappa shape index (κ2) is 5.13. The zero-order chi connectivity index (χ0) is 15.0. The third kappa shape index (κ3) is 2.70. The molecule has 3 rings (SSSR count). The van der Waals surface area contributed by atoms with Crippen LogP contribution >= 0.6 is 11.3 Å². The maximum atomic E-state index is 11.1. The van der Waals surface area contributed by atoms with Gasteiger partial charge in [-0.3, -0.25) is 10.1 Å². The Morgan fingerprint density at radius 1 is 1.48 bits per heavy atom. The zero-order valence-electron chi connectivity index (χ0n) is 10.8. The highest BCUT2D eigenvalue weighted by molar-refractivity contribution is 7.13. The summed E-state index contributed by atoms with van der Waals surface area (Å²) in [6.07, 6.45) is 2.25. The monoisotopic (exact) mass is 305 g/mol. The van der Waals surface area contributed by atoms with Crippen LogP contribution in [0.1, 0.15) is 34.8 Å². The molecule has 1 aromatic carbocycles. The van der Waals surface area contributed by atoms with Gasteiger partial charge in [0, 0.05) is 11.3 Å². The van der Waals surface area contributed by atoms with Gasteiger partial charge in [-0.05, 0) is 25.0 Å². The first kappa shape index (κ1) is 13.5. The summed E-state index contributed by atoms with van der Waals surface area (Å²) >= 11 is 1.36.